The SMILES string of the molecule is O=C(COc1ccc(Cl)cc1C1c2sc(=O)[nH]c2SC2C(=O)N(c3cccc(C(F)(F)F)c3)C(=O)C21)Nc1cccc2ccccc12. The van der Waals surface area contributed by atoms with Gasteiger partial charge >= 0.3 is 11.0 Å². The predicted molar refractivity (Wildman–Crippen MR) is 173 cm³/mol. The van der Waals surface area contributed by atoms with Crippen molar-refractivity contribution < 1.29 is 32.3 Å². The van der Waals surface area contributed by atoms with Gasteiger partial charge in [0.05, 0.1) is 22.2 Å². The van der Waals surface area contributed by atoms with Crippen LogP contribution in [0.3, 0.4) is 0 Å². The highest BCUT2D eigenvalue weighted by atomic mass is 35.5. The van der Waals surface area contributed by atoms with Gasteiger partial charge in [-0.2, -0.15) is 13.2 Å². The van der Waals surface area contributed by atoms with E-state index in [4.69, 9.17) is 16.3 Å². The average molecular weight is 696 g/mol. The lowest BCUT2D eigenvalue weighted by molar-refractivity contribution is -0.137. The molecule has 0 radical (unpaired) electrons. The Bertz CT molecular complexity index is 2140. The van der Waals surface area contributed by atoms with E-state index in [0.29, 0.717) is 21.2 Å². The van der Waals surface area contributed by atoms with Gasteiger partial charge in [0.25, 0.3) is 5.91 Å². The largest absolute Gasteiger partial charge is 0.483 e. The zero-order chi connectivity index (χ0) is 33.0. The lowest BCUT2D eigenvalue weighted by Crippen LogP contribution is -2.32. The first-order valence-electron chi connectivity index (χ1n) is 14.1. The Morgan fingerprint density at radius 3 is 2.53 bits per heavy atom. The van der Waals surface area contributed by atoms with Crippen molar-refractivity contribution >= 4 is 74.6 Å². The van der Waals surface area contributed by atoms with Gasteiger partial charge < -0.3 is 15.0 Å². The number of aromatic amines is 1. The summed E-state index contributed by atoms with van der Waals surface area (Å²) in [6, 6.07) is 21.7. The van der Waals surface area contributed by atoms with Crippen molar-refractivity contribution in [2.24, 2.45) is 5.92 Å². The Morgan fingerprint density at radius 2 is 1.72 bits per heavy atom. The van der Waals surface area contributed by atoms with Gasteiger partial charge in [-0.15, -0.1) is 0 Å². The van der Waals surface area contributed by atoms with Crippen LogP contribution in [0.25, 0.3) is 10.8 Å². The number of amides is 3. The molecule has 0 aliphatic carbocycles. The lowest BCUT2D eigenvalue weighted by atomic mass is 9.82. The zero-order valence-corrected chi connectivity index (χ0v) is 26.2. The Morgan fingerprint density at radius 1 is 0.957 bits per heavy atom. The number of aromatic nitrogens is 1. The topological polar surface area (TPSA) is 109 Å². The number of nitrogens with one attached hydrogen (secondary N) is 2. The Kier molecular flexibility index (Phi) is 7.85. The van der Waals surface area contributed by atoms with Crippen LogP contribution in [-0.2, 0) is 20.6 Å². The molecule has 3 amide bonds. The number of carbonyl (C=O) groups is 3. The minimum atomic E-state index is -4.69. The smallest absolute Gasteiger partial charge is 0.416 e. The molecule has 8 nitrogen and oxygen atoms in total. The Labute approximate surface area is 277 Å². The Balaban J connectivity index is 1.23. The van der Waals surface area contributed by atoms with Crippen LogP contribution in [0.2, 0.25) is 5.02 Å². The maximum absolute atomic E-state index is 14.1. The maximum atomic E-state index is 14.1. The lowest BCUT2D eigenvalue weighted by Gasteiger charge is -2.31. The summed E-state index contributed by atoms with van der Waals surface area (Å²) in [5.41, 5.74) is -0.292. The quantitative estimate of drug-likeness (QED) is 0.184. The number of hydrogen-bond donors (Lipinski definition) is 2. The van der Waals surface area contributed by atoms with Gasteiger partial charge in [0, 0.05) is 32.5 Å². The maximum Gasteiger partial charge on any atom is 0.416 e. The molecule has 238 valence electrons. The van der Waals surface area contributed by atoms with Gasteiger partial charge in [-0.05, 0) is 47.9 Å². The molecule has 3 heterocycles. The minimum Gasteiger partial charge on any atom is -0.483 e. The van der Waals surface area contributed by atoms with Crippen molar-refractivity contribution in [2.45, 2.75) is 22.4 Å². The molecule has 0 saturated carbocycles. The van der Waals surface area contributed by atoms with Crippen molar-refractivity contribution in [3.63, 3.8) is 0 Å². The molecule has 1 fully saturated rings. The van der Waals surface area contributed by atoms with E-state index in [-0.39, 0.29) is 16.5 Å². The first-order valence-corrected chi connectivity index (χ1v) is 16.2. The van der Waals surface area contributed by atoms with Crippen LogP contribution < -0.4 is 19.8 Å². The van der Waals surface area contributed by atoms with E-state index in [1.54, 1.807) is 6.07 Å². The third kappa shape index (κ3) is 5.68. The van der Waals surface area contributed by atoms with Crippen LogP contribution in [0.4, 0.5) is 24.5 Å². The normalized spacial score (nSPS) is 19.1. The van der Waals surface area contributed by atoms with Gasteiger partial charge in [0.1, 0.15) is 11.0 Å². The van der Waals surface area contributed by atoms with E-state index >= 15 is 0 Å². The van der Waals surface area contributed by atoms with Gasteiger partial charge in [-0.3, -0.25) is 19.2 Å². The van der Waals surface area contributed by atoms with Crippen LogP contribution in [-0.4, -0.2) is 34.6 Å². The minimum absolute atomic E-state index is 0.183. The second kappa shape index (κ2) is 11.9. The molecule has 0 spiro atoms. The second-order valence-electron chi connectivity index (χ2n) is 10.9. The highest BCUT2D eigenvalue weighted by Crippen LogP contribution is 2.55. The molecule has 1 saturated heterocycles. The predicted octanol–water partition coefficient (Wildman–Crippen LogP) is 7.08. The highest BCUT2D eigenvalue weighted by Gasteiger charge is 2.57. The molecular weight excluding hydrogens is 675 g/mol. The highest BCUT2D eigenvalue weighted by molar-refractivity contribution is 8.00. The summed E-state index contributed by atoms with van der Waals surface area (Å²) in [5, 5.41) is 4.18. The fraction of sp³-hybridized carbons (Fsp3) is 0.152. The molecule has 14 heteroatoms. The third-order valence-corrected chi connectivity index (χ3v) is 10.6. The molecule has 3 atom stereocenters. The van der Waals surface area contributed by atoms with E-state index in [1.807, 2.05) is 36.4 Å². The number of benzene rings is 4. The number of ether oxygens (including phenoxy) is 1. The van der Waals surface area contributed by atoms with Crippen LogP contribution in [0.5, 0.6) is 5.75 Å². The summed E-state index contributed by atoms with van der Waals surface area (Å²) in [6.45, 7) is -0.424. The number of hydrogen-bond acceptors (Lipinski definition) is 7. The number of fused-ring (bicyclic) bond motifs is 3. The summed E-state index contributed by atoms with van der Waals surface area (Å²) < 4.78 is 46.6. The number of alkyl halides is 3. The van der Waals surface area contributed by atoms with Crippen molar-refractivity contribution in [3.8, 4) is 5.75 Å². The second-order valence-corrected chi connectivity index (χ2v) is 13.5. The molecule has 4 aromatic carbocycles. The molecule has 47 heavy (non-hydrogen) atoms. The molecule has 2 aliphatic rings. The number of nitrogens with zero attached hydrogens (tertiary/aromatic N) is 1. The molecule has 2 N–H and O–H groups in total. The van der Waals surface area contributed by atoms with E-state index in [1.165, 1.54) is 24.3 Å². The van der Waals surface area contributed by atoms with Crippen molar-refractivity contribution in [2.75, 3.05) is 16.8 Å². The van der Waals surface area contributed by atoms with Crippen LogP contribution >= 0.6 is 34.7 Å². The van der Waals surface area contributed by atoms with E-state index < -0.39 is 58.0 Å². The van der Waals surface area contributed by atoms with E-state index in [2.05, 4.69) is 10.3 Å². The first-order chi connectivity index (χ1) is 22.5. The molecule has 7 rings (SSSR count). The Hall–Kier alpha value is -4.59. The molecule has 0 bridgehead atoms. The molecule has 3 unspecified atom stereocenters. The van der Waals surface area contributed by atoms with Crippen LogP contribution in [0.15, 0.2) is 94.7 Å². The summed E-state index contributed by atoms with van der Waals surface area (Å²) in [4.78, 5) is 56.9. The third-order valence-electron chi connectivity index (χ3n) is 7.98. The number of H-pyrrole nitrogens is 1. The van der Waals surface area contributed by atoms with Crippen LogP contribution in [0.1, 0.15) is 21.9 Å². The van der Waals surface area contributed by atoms with E-state index in [0.717, 1.165) is 57.0 Å². The summed E-state index contributed by atoms with van der Waals surface area (Å²) in [6.07, 6.45) is -4.69. The number of imide groups is 1. The van der Waals surface area contributed by atoms with Gasteiger partial charge in [-0.25, -0.2) is 4.90 Å². The summed E-state index contributed by atoms with van der Waals surface area (Å²) >= 11 is 8.24. The monoisotopic (exact) mass is 695 g/mol. The average Bonchev–Trinajstić information content (AvgIpc) is 3.54. The summed E-state index contributed by atoms with van der Waals surface area (Å²) in [5.74, 6) is -3.79. The molecular formula is C33H21ClF3N3O5S2. The number of halogens is 4. The number of anilines is 2. The zero-order valence-electron chi connectivity index (χ0n) is 23.8. The van der Waals surface area contributed by atoms with Gasteiger partial charge in [0.2, 0.25) is 11.8 Å². The first kappa shape index (κ1) is 31.0. The molecule has 2 aliphatic heterocycles. The molecule has 5 aromatic rings. The van der Waals surface area contributed by atoms with Crippen molar-refractivity contribution in [1.29, 1.82) is 0 Å². The summed E-state index contributed by atoms with van der Waals surface area (Å²) in [7, 11) is 0. The number of carbonyl (C=O) groups excluding carboxylic acids is 3. The van der Waals surface area contributed by atoms with Gasteiger partial charge in [0.15, 0.2) is 6.61 Å². The fourth-order valence-corrected chi connectivity index (χ4v) is 8.67. The van der Waals surface area contributed by atoms with Gasteiger partial charge in [-0.1, -0.05) is 77.2 Å². The standard InChI is InChI=1S/C33H21ClF3N3O5S2/c34-18-11-12-23(45-15-24(41)38-22-10-3-6-16-5-1-2-9-20(16)22)21(14-18)25-26-28(46-29-27(25)47-32(44)39-29)31(43)40(30(26)42)19-8-4-7-17(13-19)33(35,36)37/h1-14,25-26,28H,15H2,(H,38,41)(H,39,44). The molecule has 1 aromatic heterocycles. The number of rotatable bonds is 6. The van der Waals surface area contributed by atoms with Crippen LogP contribution in [0, 0.1) is 5.92 Å². The van der Waals surface area contributed by atoms with Crippen molar-refractivity contribution in [1.82, 2.24) is 4.98 Å². The number of thioether (sulfide) groups is 1. The van der Waals surface area contributed by atoms with E-state index in [9.17, 15) is 32.3 Å². The number of thiazole rings is 1. The van der Waals surface area contributed by atoms with Crippen molar-refractivity contribution in [3.05, 3.63) is 116 Å². The fourth-order valence-electron chi connectivity index (χ4n) is 5.99.